The Morgan fingerprint density at radius 3 is 2.33 bits per heavy atom. The van der Waals surface area contributed by atoms with Crippen LogP contribution in [0, 0.1) is 11.3 Å². The van der Waals surface area contributed by atoms with Crippen LogP contribution in [0.4, 0.5) is 0 Å². The molecule has 3 N–H and O–H groups in total. The van der Waals surface area contributed by atoms with Crippen LogP contribution in [0.5, 0.6) is 0 Å². The predicted octanol–water partition coefficient (Wildman–Crippen LogP) is 1.55. The molecule has 2 nitrogen and oxygen atoms in total. The molecule has 1 saturated carbocycles. The van der Waals surface area contributed by atoms with Crippen molar-refractivity contribution in [1.82, 2.24) is 0 Å². The minimum Gasteiger partial charge on any atom is -0.395 e. The maximum Gasteiger partial charge on any atom is 0.0582 e. The molecule has 0 amide bonds. The number of hydrogen-bond donors (Lipinski definition) is 2. The lowest BCUT2D eigenvalue weighted by atomic mass is 9.63. The van der Waals surface area contributed by atoms with Crippen LogP contribution < -0.4 is 5.73 Å². The highest BCUT2D eigenvalue weighted by Crippen LogP contribution is 2.46. The van der Waals surface area contributed by atoms with Crippen LogP contribution in [0.25, 0.3) is 0 Å². The largest absolute Gasteiger partial charge is 0.395 e. The van der Waals surface area contributed by atoms with Gasteiger partial charge in [-0.25, -0.2) is 0 Å². The van der Waals surface area contributed by atoms with E-state index in [-0.39, 0.29) is 25.1 Å². The normalized spacial score (nSPS) is 24.0. The van der Waals surface area contributed by atoms with Gasteiger partial charge in [-0.15, -0.1) is 12.4 Å². The third-order valence-electron chi connectivity index (χ3n) is 2.55. The number of hydrogen-bond acceptors (Lipinski definition) is 2. The molecule has 0 heterocycles. The van der Waals surface area contributed by atoms with Crippen molar-refractivity contribution < 1.29 is 5.11 Å². The second-order valence-electron chi connectivity index (χ2n) is 4.62. The number of halogens is 1. The second-order valence-corrected chi connectivity index (χ2v) is 4.62. The first-order valence-corrected chi connectivity index (χ1v) is 4.40. The van der Waals surface area contributed by atoms with E-state index in [4.69, 9.17) is 10.8 Å². The van der Waals surface area contributed by atoms with Gasteiger partial charge in [-0.2, -0.15) is 0 Å². The van der Waals surface area contributed by atoms with Gasteiger partial charge < -0.3 is 10.8 Å². The molecule has 12 heavy (non-hydrogen) atoms. The summed E-state index contributed by atoms with van der Waals surface area (Å²) in [6.45, 7) is 4.71. The van der Waals surface area contributed by atoms with E-state index in [1.165, 1.54) is 12.8 Å². The van der Waals surface area contributed by atoms with Gasteiger partial charge in [-0.3, -0.25) is 0 Å². The zero-order valence-corrected chi connectivity index (χ0v) is 8.73. The molecule has 0 aromatic heterocycles. The van der Waals surface area contributed by atoms with Crippen LogP contribution in [-0.2, 0) is 0 Å². The molecule has 1 aliphatic carbocycles. The summed E-state index contributed by atoms with van der Waals surface area (Å²) in [6.07, 6.45) is 3.56. The minimum atomic E-state index is 0. The van der Waals surface area contributed by atoms with Crippen molar-refractivity contribution in [2.45, 2.75) is 39.2 Å². The fourth-order valence-corrected chi connectivity index (χ4v) is 2.17. The Labute approximate surface area is 80.9 Å². The molecule has 0 spiro atoms. The van der Waals surface area contributed by atoms with Crippen molar-refractivity contribution in [3.8, 4) is 0 Å². The summed E-state index contributed by atoms with van der Waals surface area (Å²) >= 11 is 0. The average Bonchev–Trinajstić information content (AvgIpc) is 1.83. The van der Waals surface area contributed by atoms with Crippen molar-refractivity contribution in [3.05, 3.63) is 0 Å². The molecule has 0 saturated heterocycles. The SMILES string of the molecule is CC1(C)CC(CC(N)CO)C1.Cl. The highest BCUT2D eigenvalue weighted by molar-refractivity contribution is 5.85. The van der Waals surface area contributed by atoms with Crippen LogP contribution in [0.2, 0.25) is 0 Å². The summed E-state index contributed by atoms with van der Waals surface area (Å²) in [7, 11) is 0. The van der Waals surface area contributed by atoms with E-state index in [9.17, 15) is 0 Å². The molecule has 1 unspecified atom stereocenters. The Kier molecular flexibility index (Phi) is 4.53. The molecule has 74 valence electrons. The van der Waals surface area contributed by atoms with Crippen molar-refractivity contribution in [2.24, 2.45) is 17.1 Å². The Morgan fingerprint density at radius 1 is 1.50 bits per heavy atom. The summed E-state index contributed by atoms with van der Waals surface area (Å²) in [4.78, 5) is 0. The summed E-state index contributed by atoms with van der Waals surface area (Å²) in [5, 5.41) is 8.71. The molecule has 1 atom stereocenters. The average molecular weight is 194 g/mol. The van der Waals surface area contributed by atoms with Crippen molar-refractivity contribution in [1.29, 1.82) is 0 Å². The first-order valence-electron chi connectivity index (χ1n) is 4.40. The monoisotopic (exact) mass is 193 g/mol. The highest BCUT2D eigenvalue weighted by Gasteiger charge is 2.36. The summed E-state index contributed by atoms with van der Waals surface area (Å²) in [6, 6.07) is 0.0103. The molecule has 0 aromatic rings. The standard InChI is InChI=1S/C9H19NO.ClH/c1-9(2)4-7(5-9)3-8(10)6-11;/h7-8,11H,3-6,10H2,1-2H3;1H. The Bertz CT molecular complexity index is 130. The van der Waals surface area contributed by atoms with E-state index in [1.807, 2.05) is 0 Å². The molecular weight excluding hydrogens is 174 g/mol. The Balaban J connectivity index is 0.00000121. The quantitative estimate of drug-likeness (QED) is 0.715. The van der Waals surface area contributed by atoms with Crippen LogP contribution in [0.3, 0.4) is 0 Å². The number of aliphatic hydroxyl groups excluding tert-OH is 1. The lowest BCUT2D eigenvalue weighted by Gasteiger charge is -2.43. The summed E-state index contributed by atoms with van der Waals surface area (Å²) < 4.78 is 0. The first kappa shape index (κ1) is 12.2. The van der Waals surface area contributed by atoms with E-state index >= 15 is 0 Å². The highest BCUT2D eigenvalue weighted by atomic mass is 35.5. The zero-order chi connectivity index (χ0) is 8.48. The molecule has 1 rings (SSSR count). The van der Waals surface area contributed by atoms with Crippen molar-refractivity contribution in [3.63, 3.8) is 0 Å². The second kappa shape index (κ2) is 4.45. The molecule has 0 aromatic carbocycles. The van der Waals surface area contributed by atoms with Crippen LogP contribution in [-0.4, -0.2) is 17.8 Å². The van der Waals surface area contributed by atoms with Gasteiger partial charge in [0.1, 0.15) is 0 Å². The summed E-state index contributed by atoms with van der Waals surface area (Å²) in [5.41, 5.74) is 6.16. The third kappa shape index (κ3) is 3.30. The molecule has 3 heteroatoms. The lowest BCUT2D eigenvalue weighted by Crippen LogP contribution is -2.37. The van der Waals surface area contributed by atoms with Crippen molar-refractivity contribution >= 4 is 12.4 Å². The maximum absolute atomic E-state index is 8.71. The zero-order valence-electron chi connectivity index (χ0n) is 7.92. The van der Waals surface area contributed by atoms with Crippen LogP contribution in [0.15, 0.2) is 0 Å². The van der Waals surface area contributed by atoms with E-state index in [1.54, 1.807) is 0 Å². The molecule has 1 aliphatic rings. The summed E-state index contributed by atoms with van der Waals surface area (Å²) in [5.74, 6) is 0.771. The maximum atomic E-state index is 8.71. The van der Waals surface area contributed by atoms with Gasteiger partial charge in [-0.1, -0.05) is 13.8 Å². The van der Waals surface area contributed by atoms with Crippen LogP contribution >= 0.6 is 12.4 Å². The van der Waals surface area contributed by atoms with Gasteiger partial charge in [0.25, 0.3) is 0 Å². The number of rotatable bonds is 3. The molecule has 0 aliphatic heterocycles. The van der Waals surface area contributed by atoms with E-state index in [2.05, 4.69) is 13.8 Å². The van der Waals surface area contributed by atoms with Gasteiger partial charge in [0, 0.05) is 6.04 Å². The predicted molar refractivity (Wildman–Crippen MR) is 53.4 cm³/mol. The van der Waals surface area contributed by atoms with Gasteiger partial charge in [-0.05, 0) is 30.6 Å². The molecule has 1 fully saturated rings. The van der Waals surface area contributed by atoms with Gasteiger partial charge in [0.15, 0.2) is 0 Å². The van der Waals surface area contributed by atoms with E-state index in [0.717, 1.165) is 12.3 Å². The Morgan fingerprint density at radius 2 is 2.00 bits per heavy atom. The molecule has 0 bridgehead atoms. The first-order chi connectivity index (χ1) is 5.03. The topological polar surface area (TPSA) is 46.2 Å². The van der Waals surface area contributed by atoms with Crippen LogP contribution in [0.1, 0.15) is 33.1 Å². The molecule has 0 radical (unpaired) electrons. The van der Waals surface area contributed by atoms with Crippen molar-refractivity contribution in [2.75, 3.05) is 6.61 Å². The number of aliphatic hydroxyl groups is 1. The van der Waals surface area contributed by atoms with E-state index < -0.39 is 0 Å². The number of nitrogens with two attached hydrogens (primary N) is 1. The van der Waals surface area contributed by atoms with Gasteiger partial charge in [0.2, 0.25) is 0 Å². The molecular formula is C9H20ClNO. The Hall–Kier alpha value is 0.210. The fourth-order valence-electron chi connectivity index (χ4n) is 2.17. The smallest absolute Gasteiger partial charge is 0.0582 e. The third-order valence-corrected chi connectivity index (χ3v) is 2.55. The fraction of sp³-hybridized carbons (Fsp3) is 1.00. The van der Waals surface area contributed by atoms with Gasteiger partial charge >= 0.3 is 0 Å². The lowest BCUT2D eigenvalue weighted by molar-refractivity contribution is 0.0774. The van der Waals surface area contributed by atoms with Gasteiger partial charge in [0.05, 0.1) is 6.61 Å². The van der Waals surface area contributed by atoms with E-state index in [0.29, 0.717) is 5.41 Å². The minimum absolute atomic E-state index is 0.